The molecule has 0 spiro atoms. The first kappa shape index (κ1) is 19.4. The van der Waals surface area contributed by atoms with Crippen molar-refractivity contribution in [1.82, 2.24) is 10.2 Å². The van der Waals surface area contributed by atoms with Crippen LogP contribution in [-0.2, 0) is 10.3 Å². The summed E-state index contributed by atoms with van der Waals surface area (Å²) in [5, 5.41) is 13.7. The summed E-state index contributed by atoms with van der Waals surface area (Å²) in [5.74, 6) is 0.00422. The number of aliphatic hydroxyl groups excluding tert-OH is 1. The molecule has 0 radical (unpaired) electrons. The van der Waals surface area contributed by atoms with E-state index < -0.39 is 17.7 Å². The molecule has 2 aromatic carbocycles. The molecule has 2 N–H and O–H groups in total. The van der Waals surface area contributed by atoms with E-state index in [4.69, 9.17) is 11.6 Å². The molecule has 0 aromatic heterocycles. The Morgan fingerprint density at radius 3 is 2.15 bits per heavy atom. The van der Waals surface area contributed by atoms with Crippen molar-refractivity contribution < 1.29 is 14.7 Å². The van der Waals surface area contributed by atoms with Gasteiger partial charge in [0.05, 0.1) is 12.6 Å². The molecular weight excluding hydrogens is 364 g/mol. The zero-order valence-corrected chi connectivity index (χ0v) is 16.3. The maximum absolute atomic E-state index is 13.0. The van der Waals surface area contributed by atoms with Crippen molar-refractivity contribution in [2.45, 2.75) is 38.3 Å². The molecule has 2 atom stereocenters. The lowest BCUT2D eigenvalue weighted by Crippen LogP contribution is -2.41. The summed E-state index contributed by atoms with van der Waals surface area (Å²) in [7, 11) is 0. The Bertz CT molecular complexity index is 849. The van der Waals surface area contributed by atoms with Crippen LogP contribution in [0.4, 0.5) is 4.79 Å². The molecular formula is C21H23ClN2O3. The number of β-amino-alcohol motifs (C(OH)–C–C–N with tert-alkyl or cyclic N) is 1. The largest absolute Gasteiger partial charge is 0.387 e. The zero-order valence-electron chi connectivity index (χ0n) is 15.6. The molecule has 2 aromatic rings. The topological polar surface area (TPSA) is 69.6 Å². The Kier molecular flexibility index (Phi) is 5.27. The Labute approximate surface area is 163 Å². The summed E-state index contributed by atoms with van der Waals surface area (Å²) in [6.07, 6.45) is -0.984. The van der Waals surface area contributed by atoms with Crippen LogP contribution in [0.5, 0.6) is 0 Å². The molecule has 3 rings (SSSR count). The third kappa shape index (κ3) is 3.70. The number of amides is 3. The van der Waals surface area contributed by atoms with Crippen LogP contribution in [-0.4, -0.2) is 28.5 Å². The fraction of sp³-hybridized carbons (Fsp3) is 0.333. The number of rotatable bonds is 5. The molecule has 0 saturated carbocycles. The molecule has 6 heteroatoms. The van der Waals surface area contributed by atoms with E-state index in [0.29, 0.717) is 22.1 Å². The van der Waals surface area contributed by atoms with Gasteiger partial charge in [0.1, 0.15) is 5.54 Å². The highest BCUT2D eigenvalue weighted by atomic mass is 35.5. The van der Waals surface area contributed by atoms with Gasteiger partial charge in [-0.15, -0.1) is 0 Å². The molecule has 0 bridgehead atoms. The lowest BCUT2D eigenvalue weighted by atomic mass is 9.90. The standard InChI is InChI=1S/C21H23ClN2O3/c1-13(2)14-4-8-16(9-5-14)21(3)19(26)24(20(27)23-21)12-18(25)15-6-10-17(22)11-7-15/h4-11,13,18,25H,12H2,1-3H3,(H,23,27). The smallest absolute Gasteiger partial charge is 0.325 e. The van der Waals surface area contributed by atoms with Crippen LogP contribution in [0.3, 0.4) is 0 Å². The third-order valence-corrected chi connectivity index (χ3v) is 5.29. The highest BCUT2D eigenvalue weighted by molar-refractivity contribution is 6.30. The van der Waals surface area contributed by atoms with Crippen LogP contribution in [0, 0.1) is 0 Å². The maximum Gasteiger partial charge on any atom is 0.325 e. The first-order valence-electron chi connectivity index (χ1n) is 8.90. The van der Waals surface area contributed by atoms with E-state index in [9.17, 15) is 14.7 Å². The van der Waals surface area contributed by atoms with Crippen molar-refractivity contribution in [2.75, 3.05) is 6.54 Å². The van der Waals surface area contributed by atoms with Gasteiger partial charge < -0.3 is 10.4 Å². The second-order valence-electron chi connectivity index (χ2n) is 7.31. The van der Waals surface area contributed by atoms with E-state index >= 15 is 0 Å². The lowest BCUT2D eigenvalue weighted by Gasteiger charge is -2.23. The molecule has 3 amide bonds. The summed E-state index contributed by atoms with van der Waals surface area (Å²) in [6.45, 7) is 5.76. The van der Waals surface area contributed by atoms with Crippen molar-refractivity contribution in [3.05, 3.63) is 70.2 Å². The molecule has 1 aliphatic rings. The average molecular weight is 387 g/mol. The second-order valence-corrected chi connectivity index (χ2v) is 7.75. The Morgan fingerprint density at radius 1 is 1.04 bits per heavy atom. The first-order chi connectivity index (χ1) is 12.7. The molecule has 1 heterocycles. The van der Waals surface area contributed by atoms with Gasteiger partial charge in [0.2, 0.25) is 0 Å². The zero-order chi connectivity index (χ0) is 19.8. The van der Waals surface area contributed by atoms with Crippen molar-refractivity contribution in [3.63, 3.8) is 0 Å². The molecule has 2 unspecified atom stereocenters. The maximum atomic E-state index is 13.0. The molecule has 0 aliphatic carbocycles. The number of nitrogens with zero attached hydrogens (tertiary/aromatic N) is 1. The van der Waals surface area contributed by atoms with Gasteiger partial charge in [-0.3, -0.25) is 9.69 Å². The SMILES string of the molecule is CC(C)c1ccc(C2(C)NC(=O)N(CC(O)c3ccc(Cl)cc3)C2=O)cc1. The van der Waals surface area contributed by atoms with E-state index in [-0.39, 0.29) is 12.5 Å². The van der Waals surface area contributed by atoms with Crippen molar-refractivity contribution in [3.8, 4) is 0 Å². The Balaban J connectivity index is 1.80. The van der Waals surface area contributed by atoms with Crippen LogP contribution in [0.2, 0.25) is 5.02 Å². The van der Waals surface area contributed by atoms with E-state index in [0.717, 1.165) is 10.5 Å². The normalized spacial score (nSPS) is 20.9. The molecule has 142 valence electrons. The summed E-state index contributed by atoms with van der Waals surface area (Å²) < 4.78 is 0. The number of benzene rings is 2. The van der Waals surface area contributed by atoms with Crippen LogP contribution >= 0.6 is 11.6 Å². The number of hydrogen-bond donors (Lipinski definition) is 2. The fourth-order valence-corrected chi connectivity index (χ4v) is 3.35. The van der Waals surface area contributed by atoms with Crippen LogP contribution in [0.15, 0.2) is 48.5 Å². The lowest BCUT2D eigenvalue weighted by molar-refractivity contribution is -0.132. The van der Waals surface area contributed by atoms with Crippen LogP contribution in [0.1, 0.15) is 49.5 Å². The van der Waals surface area contributed by atoms with Gasteiger partial charge >= 0.3 is 6.03 Å². The predicted octanol–water partition coefficient (Wildman–Crippen LogP) is 3.96. The van der Waals surface area contributed by atoms with Crippen molar-refractivity contribution in [2.24, 2.45) is 0 Å². The minimum absolute atomic E-state index is 0.119. The first-order valence-corrected chi connectivity index (χ1v) is 9.28. The highest BCUT2D eigenvalue weighted by Gasteiger charge is 2.49. The summed E-state index contributed by atoms with van der Waals surface area (Å²) in [6, 6.07) is 13.8. The number of halogens is 1. The second kappa shape index (κ2) is 7.33. The van der Waals surface area contributed by atoms with Crippen LogP contribution in [0.25, 0.3) is 0 Å². The van der Waals surface area contributed by atoms with Gasteiger partial charge in [0.15, 0.2) is 0 Å². The third-order valence-electron chi connectivity index (χ3n) is 5.04. The Hall–Kier alpha value is -2.37. The van der Waals surface area contributed by atoms with Gasteiger partial charge in [0, 0.05) is 5.02 Å². The van der Waals surface area contributed by atoms with Crippen molar-refractivity contribution in [1.29, 1.82) is 0 Å². The number of hydrogen-bond acceptors (Lipinski definition) is 3. The summed E-state index contributed by atoms with van der Waals surface area (Å²) in [5.41, 5.74) is 1.32. The minimum atomic E-state index is -1.15. The van der Waals surface area contributed by atoms with Gasteiger partial charge in [-0.05, 0) is 41.7 Å². The van der Waals surface area contributed by atoms with Gasteiger partial charge in [-0.2, -0.15) is 0 Å². The molecule has 5 nitrogen and oxygen atoms in total. The van der Waals surface area contributed by atoms with E-state index in [1.54, 1.807) is 31.2 Å². The van der Waals surface area contributed by atoms with Gasteiger partial charge in [-0.25, -0.2) is 4.79 Å². The molecule has 1 saturated heterocycles. The molecule has 27 heavy (non-hydrogen) atoms. The average Bonchev–Trinajstić information content (AvgIpc) is 2.86. The van der Waals surface area contributed by atoms with E-state index in [1.165, 1.54) is 0 Å². The van der Waals surface area contributed by atoms with Gasteiger partial charge in [0.25, 0.3) is 5.91 Å². The molecule has 1 fully saturated rings. The van der Waals surface area contributed by atoms with Crippen molar-refractivity contribution >= 4 is 23.5 Å². The minimum Gasteiger partial charge on any atom is -0.387 e. The van der Waals surface area contributed by atoms with Gasteiger partial charge in [-0.1, -0.05) is 61.8 Å². The predicted molar refractivity (Wildman–Crippen MR) is 105 cm³/mol. The Morgan fingerprint density at radius 2 is 1.59 bits per heavy atom. The monoisotopic (exact) mass is 386 g/mol. The number of aliphatic hydroxyl groups is 1. The fourth-order valence-electron chi connectivity index (χ4n) is 3.22. The highest BCUT2D eigenvalue weighted by Crippen LogP contribution is 2.31. The number of carbonyl (C=O) groups excluding carboxylic acids is 2. The number of urea groups is 1. The van der Waals surface area contributed by atoms with Crippen LogP contribution < -0.4 is 5.32 Å². The van der Waals surface area contributed by atoms with E-state index in [1.807, 2.05) is 24.3 Å². The summed E-state index contributed by atoms with van der Waals surface area (Å²) >= 11 is 5.86. The van der Waals surface area contributed by atoms with E-state index in [2.05, 4.69) is 19.2 Å². The quantitative estimate of drug-likeness (QED) is 0.764. The molecule has 1 aliphatic heterocycles. The number of nitrogens with one attached hydrogen (secondary N) is 1. The number of imide groups is 1. The summed E-state index contributed by atoms with van der Waals surface area (Å²) in [4.78, 5) is 26.5. The number of carbonyl (C=O) groups is 2.